The molecule has 0 atom stereocenters. The lowest BCUT2D eigenvalue weighted by atomic mass is 10.2. The van der Waals surface area contributed by atoms with Gasteiger partial charge in [-0.2, -0.15) is 0 Å². The van der Waals surface area contributed by atoms with Gasteiger partial charge in [0.05, 0.1) is 0 Å². The zero-order valence-electron chi connectivity index (χ0n) is 10.4. The SMILES string of the molecule is CCNC(=NC)N(C)Cc1ccccc1Br.I. The second-order valence-corrected chi connectivity index (χ2v) is 4.38. The topological polar surface area (TPSA) is 27.6 Å². The molecule has 1 rings (SSSR count). The number of benzene rings is 1. The monoisotopic (exact) mass is 411 g/mol. The predicted molar refractivity (Wildman–Crippen MR) is 88.1 cm³/mol. The fourth-order valence-corrected chi connectivity index (χ4v) is 1.91. The molecule has 0 heterocycles. The first-order valence-corrected chi connectivity index (χ1v) is 6.13. The van der Waals surface area contributed by atoms with Crippen molar-refractivity contribution in [3.8, 4) is 0 Å². The third-order valence-electron chi connectivity index (χ3n) is 2.27. The highest BCUT2D eigenvalue weighted by Crippen LogP contribution is 2.17. The summed E-state index contributed by atoms with van der Waals surface area (Å²) in [6.45, 7) is 3.78. The lowest BCUT2D eigenvalue weighted by Gasteiger charge is -2.22. The molecule has 0 fully saturated rings. The molecule has 0 aromatic heterocycles. The van der Waals surface area contributed by atoms with Gasteiger partial charge in [-0.15, -0.1) is 24.0 Å². The fraction of sp³-hybridized carbons (Fsp3) is 0.417. The predicted octanol–water partition coefficient (Wildman–Crippen LogP) is 3.09. The summed E-state index contributed by atoms with van der Waals surface area (Å²) in [5.41, 5.74) is 1.25. The Hall–Kier alpha value is -0.300. The quantitative estimate of drug-likeness (QED) is 0.470. The minimum Gasteiger partial charge on any atom is -0.357 e. The van der Waals surface area contributed by atoms with Gasteiger partial charge in [0.2, 0.25) is 0 Å². The Kier molecular flexibility index (Phi) is 8.59. The van der Waals surface area contributed by atoms with Crippen LogP contribution in [0.3, 0.4) is 0 Å². The van der Waals surface area contributed by atoms with Crippen LogP contribution < -0.4 is 5.32 Å². The number of rotatable bonds is 3. The minimum absolute atomic E-state index is 0. The molecule has 0 saturated carbocycles. The van der Waals surface area contributed by atoms with E-state index < -0.39 is 0 Å². The van der Waals surface area contributed by atoms with E-state index in [9.17, 15) is 0 Å². The van der Waals surface area contributed by atoms with Crippen molar-refractivity contribution in [3.05, 3.63) is 34.3 Å². The van der Waals surface area contributed by atoms with Crippen molar-refractivity contribution >= 4 is 45.9 Å². The number of guanidine groups is 1. The maximum absolute atomic E-state index is 4.22. The van der Waals surface area contributed by atoms with Gasteiger partial charge in [-0.3, -0.25) is 4.99 Å². The molecule has 1 N–H and O–H groups in total. The molecule has 17 heavy (non-hydrogen) atoms. The lowest BCUT2D eigenvalue weighted by Crippen LogP contribution is -2.38. The van der Waals surface area contributed by atoms with Gasteiger partial charge in [0.15, 0.2) is 5.96 Å². The molecule has 0 unspecified atom stereocenters. The van der Waals surface area contributed by atoms with Crippen LogP contribution in [0, 0.1) is 0 Å². The minimum atomic E-state index is 0. The normalized spacial score (nSPS) is 10.7. The van der Waals surface area contributed by atoms with Gasteiger partial charge < -0.3 is 10.2 Å². The maximum atomic E-state index is 4.22. The van der Waals surface area contributed by atoms with Gasteiger partial charge in [-0.05, 0) is 18.6 Å². The summed E-state index contributed by atoms with van der Waals surface area (Å²) >= 11 is 3.55. The van der Waals surface area contributed by atoms with E-state index in [0.29, 0.717) is 0 Å². The summed E-state index contributed by atoms with van der Waals surface area (Å²) in [4.78, 5) is 6.32. The van der Waals surface area contributed by atoms with E-state index in [2.05, 4.69) is 50.2 Å². The van der Waals surface area contributed by atoms with Crippen LogP contribution in [0.2, 0.25) is 0 Å². The van der Waals surface area contributed by atoms with Crippen LogP contribution in [0.25, 0.3) is 0 Å². The summed E-state index contributed by atoms with van der Waals surface area (Å²) in [6, 6.07) is 8.23. The highest BCUT2D eigenvalue weighted by atomic mass is 127. The Labute approximate surface area is 129 Å². The molecular formula is C12H19BrIN3. The van der Waals surface area contributed by atoms with Crippen molar-refractivity contribution in [2.75, 3.05) is 20.6 Å². The van der Waals surface area contributed by atoms with E-state index in [-0.39, 0.29) is 24.0 Å². The summed E-state index contributed by atoms with van der Waals surface area (Å²) < 4.78 is 1.13. The van der Waals surface area contributed by atoms with Crippen molar-refractivity contribution in [2.45, 2.75) is 13.5 Å². The van der Waals surface area contributed by atoms with E-state index in [1.54, 1.807) is 7.05 Å². The average molecular weight is 412 g/mol. The van der Waals surface area contributed by atoms with Crippen LogP contribution in [-0.2, 0) is 6.54 Å². The molecule has 0 radical (unpaired) electrons. The van der Waals surface area contributed by atoms with Crippen LogP contribution >= 0.6 is 39.9 Å². The van der Waals surface area contributed by atoms with Crippen molar-refractivity contribution in [2.24, 2.45) is 4.99 Å². The van der Waals surface area contributed by atoms with Crippen LogP contribution in [0.5, 0.6) is 0 Å². The molecule has 0 saturated heterocycles. The molecule has 0 bridgehead atoms. The number of aliphatic imine (C=N–C) groups is 1. The first-order valence-electron chi connectivity index (χ1n) is 5.34. The first kappa shape index (κ1) is 16.7. The maximum Gasteiger partial charge on any atom is 0.193 e. The third-order valence-corrected chi connectivity index (χ3v) is 3.05. The molecule has 0 aliphatic rings. The molecule has 5 heteroatoms. The van der Waals surface area contributed by atoms with E-state index in [1.807, 2.05) is 19.2 Å². The van der Waals surface area contributed by atoms with Gasteiger partial charge in [0.1, 0.15) is 0 Å². The Morgan fingerprint density at radius 3 is 2.59 bits per heavy atom. The Morgan fingerprint density at radius 2 is 2.06 bits per heavy atom. The Balaban J connectivity index is 0.00000256. The molecule has 1 aromatic carbocycles. The fourth-order valence-electron chi connectivity index (χ4n) is 1.50. The van der Waals surface area contributed by atoms with Crippen molar-refractivity contribution in [1.82, 2.24) is 10.2 Å². The van der Waals surface area contributed by atoms with E-state index in [4.69, 9.17) is 0 Å². The van der Waals surface area contributed by atoms with E-state index >= 15 is 0 Å². The lowest BCUT2D eigenvalue weighted by molar-refractivity contribution is 0.478. The van der Waals surface area contributed by atoms with E-state index in [1.165, 1.54) is 5.56 Å². The molecule has 1 aromatic rings. The van der Waals surface area contributed by atoms with Crippen LogP contribution in [0.15, 0.2) is 33.7 Å². The molecular weight excluding hydrogens is 393 g/mol. The van der Waals surface area contributed by atoms with Crippen LogP contribution in [0.4, 0.5) is 0 Å². The van der Waals surface area contributed by atoms with Gasteiger partial charge in [0.25, 0.3) is 0 Å². The van der Waals surface area contributed by atoms with Gasteiger partial charge in [0, 0.05) is 31.7 Å². The summed E-state index contributed by atoms with van der Waals surface area (Å²) in [5.74, 6) is 0.915. The molecule has 0 aliphatic carbocycles. The van der Waals surface area contributed by atoms with Gasteiger partial charge in [-0.1, -0.05) is 34.1 Å². The first-order chi connectivity index (χ1) is 7.69. The second kappa shape index (κ2) is 8.74. The molecule has 3 nitrogen and oxygen atoms in total. The molecule has 0 spiro atoms. The summed E-state index contributed by atoms with van der Waals surface area (Å²) in [5, 5.41) is 3.23. The Morgan fingerprint density at radius 1 is 1.41 bits per heavy atom. The summed E-state index contributed by atoms with van der Waals surface area (Å²) in [6.07, 6.45) is 0. The number of halogens is 2. The molecule has 0 aliphatic heterocycles. The Bertz CT molecular complexity index is 369. The smallest absolute Gasteiger partial charge is 0.193 e. The molecule has 96 valence electrons. The zero-order chi connectivity index (χ0) is 12.0. The average Bonchev–Trinajstić information content (AvgIpc) is 2.29. The van der Waals surface area contributed by atoms with Crippen LogP contribution in [-0.4, -0.2) is 31.5 Å². The number of hydrogen-bond donors (Lipinski definition) is 1. The third kappa shape index (κ3) is 5.25. The highest BCUT2D eigenvalue weighted by molar-refractivity contribution is 14.0. The standard InChI is InChI=1S/C12H18BrN3.HI/c1-4-15-12(14-2)16(3)9-10-7-5-6-8-11(10)13;/h5-8H,4,9H2,1-3H3,(H,14,15);1H. The van der Waals surface area contributed by atoms with E-state index in [0.717, 1.165) is 23.5 Å². The highest BCUT2D eigenvalue weighted by Gasteiger charge is 2.06. The van der Waals surface area contributed by atoms with Crippen molar-refractivity contribution < 1.29 is 0 Å². The summed E-state index contributed by atoms with van der Waals surface area (Å²) in [7, 11) is 3.83. The number of nitrogens with one attached hydrogen (secondary N) is 1. The molecule has 0 amide bonds. The van der Waals surface area contributed by atoms with Crippen LogP contribution in [0.1, 0.15) is 12.5 Å². The van der Waals surface area contributed by atoms with Gasteiger partial charge in [-0.25, -0.2) is 0 Å². The number of hydrogen-bond acceptors (Lipinski definition) is 1. The van der Waals surface area contributed by atoms with Crippen molar-refractivity contribution in [1.29, 1.82) is 0 Å². The second-order valence-electron chi connectivity index (χ2n) is 3.53. The zero-order valence-corrected chi connectivity index (χ0v) is 14.3. The largest absolute Gasteiger partial charge is 0.357 e. The van der Waals surface area contributed by atoms with Gasteiger partial charge >= 0.3 is 0 Å². The number of nitrogens with zero attached hydrogens (tertiary/aromatic N) is 2. The van der Waals surface area contributed by atoms with Crippen molar-refractivity contribution in [3.63, 3.8) is 0 Å².